The van der Waals surface area contributed by atoms with Crippen LogP contribution in [-0.2, 0) is 4.79 Å². The van der Waals surface area contributed by atoms with Crippen LogP contribution >= 0.6 is 0 Å². The second-order valence-electron chi connectivity index (χ2n) is 3.48. The van der Waals surface area contributed by atoms with Crippen LogP contribution in [0.15, 0.2) is 17.2 Å². The third kappa shape index (κ3) is 2.80. The molecule has 4 heteroatoms. The van der Waals surface area contributed by atoms with Gasteiger partial charge < -0.3 is 11.2 Å². The molecule has 0 aliphatic rings. The summed E-state index contributed by atoms with van der Waals surface area (Å²) >= 11 is 0. The van der Waals surface area contributed by atoms with Crippen molar-refractivity contribution in [2.75, 3.05) is 5.32 Å². The summed E-state index contributed by atoms with van der Waals surface area (Å²) in [6.07, 6.45) is 1.53. The third-order valence-electron chi connectivity index (χ3n) is 2.19. The Hall–Kier alpha value is -1.84. The van der Waals surface area contributed by atoms with Gasteiger partial charge in [0.15, 0.2) is 0 Å². The van der Waals surface area contributed by atoms with E-state index in [9.17, 15) is 4.79 Å². The molecule has 15 heavy (non-hydrogen) atoms. The molecule has 1 amide bonds. The summed E-state index contributed by atoms with van der Waals surface area (Å²) in [6, 6.07) is 3.85. The first-order valence-corrected chi connectivity index (χ1v) is 4.66. The molecule has 0 aliphatic carbocycles. The van der Waals surface area contributed by atoms with E-state index in [1.807, 2.05) is 26.0 Å². The maximum absolute atomic E-state index is 11.0. The van der Waals surface area contributed by atoms with Crippen molar-refractivity contribution in [3.63, 3.8) is 0 Å². The van der Waals surface area contributed by atoms with Gasteiger partial charge in [0.2, 0.25) is 5.91 Å². The summed E-state index contributed by atoms with van der Waals surface area (Å²) in [6.45, 7) is 5.46. The molecule has 0 spiro atoms. The van der Waals surface area contributed by atoms with Crippen molar-refractivity contribution in [3.05, 3.63) is 28.8 Å². The van der Waals surface area contributed by atoms with Crippen LogP contribution in [0, 0.1) is 13.8 Å². The molecule has 0 aromatic heterocycles. The molecule has 0 unspecified atom stereocenters. The first-order valence-electron chi connectivity index (χ1n) is 4.66. The number of aryl methyl sites for hydroxylation is 2. The Bertz CT molecular complexity index is 411. The minimum Gasteiger partial charge on any atom is -0.326 e. The molecule has 0 atom stereocenters. The predicted molar refractivity (Wildman–Crippen MR) is 62.0 cm³/mol. The Labute approximate surface area is 89.2 Å². The van der Waals surface area contributed by atoms with Crippen LogP contribution in [0.1, 0.15) is 23.6 Å². The fourth-order valence-electron chi connectivity index (χ4n) is 1.32. The normalized spacial score (nSPS) is 10.6. The minimum atomic E-state index is -0.107. The summed E-state index contributed by atoms with van der Waals surface area (Å²) in [5, 5.41) is 6.21. The Kier molecular flexibility index (Phi) is 3.44. The minimum absolute atomic E-state index is 0.107. The summed E-state index contributed by atoms with van der Waals surface area (Å²) in [5.74, 6) is 5.00. The van der Waals surface area contributed by atoms with Crippen LogP contribution in [0.3, 0.4) is 0 Å². The van der Waals surface area contributed by atoms with Gasteiger partial charge in [-0.05, 0) is 37.1 Å². The second kappa shape index (κ2) is 4.59. The van der Waals surface area contributed by atoms with Gasteiger partial charge in [-0.2, -0.15) is 5.10 Å². The Balaban J connectivity index is 3.21. The van der Waals surface area contributed by atoms with Gasteiger partial charge >= 0.3 is 0 Å². The highest BCUT2D eigenvalue weighted by Crippen LogP contribution is 2.19. The predicted octanol–water partition coefficient (Wildman–Crippen LogP) is 1.55. The fraction of sp³-hybridized carbons (Fsp3) is 0.273. The fourth-order valence-corrected chi connectivity index (χ4v) is 1.32. The lowest BCUT2D eigenvalue weighted by Crippen LogP contribution is -2.09. The van der Waals surface area contributed by atoms with Crippen LogP contribution in [0.4, 0.5) is 5.69 Å². The lowest BCUT2D eigenvalue weighted by Gasteiger charge is -2.09. The number of benzene rings is 1. The number of hydrogen-bond acceptors (Lipinski definition) is 3. The summed E-state index contributed by atoms with van der Waals surface area (Å²) in [7, 11) is 0. The number of nitrogens with one attached hydrogen (secondary N) is 1. The molecule has 1 aromatic carbocycles. The SMILES string of the molecule is CC(=O)Nc1cc(C)c(C)cc1C=NN. The molecule has 0 heterocycles. The number of amides is 1. The maximum atomic E-state index is 11.0. The monoisotopic (exact) mass is 205 g/mol. The average Bonchev–Trinajstić information content (AvgIpc) is 2.13. The van der Waals surface area contributed by atoms with E-state index in [-0.39, 0.29) is 5.91 Å². The largest absolute Gasteiger partial charge is 0.326 e. The Morgan fingerprint density at radius 3 is 2.53 bits per heavy atom. The van der Waals surface area contributed by atoms with E-state index in [1.165, 1.54) is 13.1 Å². The topological polar surface area (TPSA) is 67.5 Å². The lowest BCUT2D eigenvalue weighted by molar-refractivity contribution is -0.114. The zero-order valence-corrected chi connectivity index (χ0v) is 9.16. The smallest absolute Gasteiger partial charge is 0.221 e. The Morgan fingerprint density at radius 2 is 2.00 bits per heavy atom. The van der Waals surface area contributed by atoms with E-state index >= 15 is 0 Å². The van der Waals surface area contributed by atoms with Gasteiger partial charge in [-0.3, -0.25) is 4.79 Å². The van der Waals surface area contributed by atoms with Crippen molar-refractivity contribution in [3.8, 4) is 0 Å². The molecule has 0 fully saturated rings. The molecule has 80 valence electrons. The van der Waals surface area contributed by atoms with Crippen LogP contribution in [-0.4, -0.2) is 12.1 Å². The van der Waals surface area contributed by atoms with Crippen molar-refractivity contribution in [2.24, 2.45) is 10.9 Å². The number of carbonyl (C=O) groups excluding carboxylic acids is 1. The van der Waals surface area contributed by atoms with E-state index in [4.69, 9.17) is 5.84 Å². The van der Waals surface area contributed by atoms with Gasteiger partial charge in [0.05, 0.1) is 6.21 Å². The molecular formula is C11H15N3O. The molecular weight excluding hydrogens is 190 g/mol. The summed E-state index contributed by atoms with van der Waals surface area (Å²) < 4.78 is 0. The number of nitrogens with zero attached hydrogens (tertiary/aromatic N) is 1. The Morgan fingerprint density at radius 1 is 1.40 bits per heavy atom. The summed E-state index contributed by atoms with van der Waals surface area (Å²) in [4.78, 5) is 11.0. The highest BCUT2D eigenvalue weighted by atomic mass is 16.1. The van der Waals surface area contributed by atoms with E-state index in [1.54, 1.807) is 0 Å². The third-order valence-corrected chi connectivity index (χ3v) is 2.19. The van der Waals surface area contributed by atoms with Gasteiger partial charge in [0.1, 0.15) is 0 Å². The molecule has 1 aromatic rings. The van der Waals surface area contributed by atoms with Crippen molar-refractivity contribution in [1.82, 2.24) is 0 Å². The number of hydrazone groups is 1. The molecule has 1 rings (SSSR count). The first kappa shape index (κ1) is 11.2. The summed E-state index contributed by atoms with van der Waals surface area (Å²) in [5.41, 5.74) is 3.81. The zero-order chi connectivity index (χ0) is 11.4. The van der Waals surface area contributed by atoms with Gasteiger partial charge in [0, 0.05) is 18.2 Å². The van der Waals surface area contributed by atoms with Gasteiger partial charge in [-0.1, -0.05) is 0 Å². The molecule has 3 N–H and O–H groups in total. The van der Waals surface area contributed by atoms with E-state index in [0.29, 0.717) is 0 Å². The molecule has 0 saturated carbocycles. The highest BCUT2D eigenvalue weighted by Gasteiger charge is 2.04. The van der Waals surface area contributed by atoms with Crippen molar-refractivity contribution >= 4 is 17.8 Å². The van der Waals surface area contributed by atoms with Crippen LogP contribution in [0.2, 0.25) is 0 Å². The second-order valence-corrected chi connectivity index (χ2v) is 3.48. The number of rotatable bonds is 2. The van der Waals surface area contributed by atoms with E-state index < -0.39 is 0 Å². The van der Waals surface area contributed by atoms with Gasteiger partial charge in [-0.25, -0.2) is 0 Å². The molecule has 0 saturated heterocycles. The van der Waals surface area contributed by atoms with E-state index in [2.05, 4.69) is 10.4 Å². The number of hydrogen-bond donors (Lipinski definition) is 2. The quantitative estimate of drug-likeness (QED) is 0.437. The van der Waals surface area contributed by atoms with E-state index in [0.717, 1.165) is 22.4 Å². The van der Waals surface area contributed by atoms with Crippen molar-refractivity contribution in [1.29, 1.82) is 0 Å². The van der Waals surface area contributed by atoms with Crippen LogP contribution in [0.25, 0.3) is 0 Å². The standard InChI is InChI=1S/C11H15N3O/c1-7-4-10(6-13-12)11(5-8(7)2)14-9(3)15/h4-6H,12H2,1-3H3,(H,14,15). The van der Waals surface area contributed by atoms with Gasteiger partial charge in [0.25, 0.3) is 0 Å². The number of carbonyl (C=O) groups is 1. The van der Waals surface area contributed by atoms with Crippen molar-refractivity contribution < 1.29 is 4.79 Å². The van der Waals surface area contributed by atoms with Crippen molar-refractivity contribution in [2.45, 2.75) is 20.8 Å². The zero-order valence-electron chi connectivity index (χ0n) is 9.16. The van der Waals surface area contributed by atoms with Gasteiger partial charge in [-0.15, -0.1) is 0 Å². The van der Waals surface area contributed by atoms with Crippen LogP contribution < -0.4 is 11.2 Å². The number of nitrogens with two attached hydrogens (primary N) is 1. The maximum Gasteiger partial charge on any atom is 0.221 e. The highest BCUT2D eigenvalue weighted by molar-refractivity contribution is 5.96. The first-order chi connectivity index (χ1) is 7.04. The molecule has 4 nitrogen and oxygen atoms in total. The lowest BCUT2D eigenvalue weighted by atomic mass is 10.0. The molecule has 0 bridgehead atoms. The average molecular weight is 205 g/mol. The number of anilines is 1. The van der Waals surface area contributed by atoms with Crippen LogP contribution in [0.5, 0.6) is 0 Å². The molecule has 0 aliphatic heterocycles. The molecule has 0 radical (unpaired) electrons.